The number of nitrogens with zero attached hydrogens (tertiary/aromatic N) is 1. The van der Waals surface area contributed by atoms with Gasteiger partial charge in [0, 0.05) is 25.4 Å². The average molecular weight is 281 g/mol. The van der Waals surface area contributed by atoms with E-state index in [9.17, 15) is 14.4 Å². The van der Waals surface area contributed by atoms with E-state index < -0.39 is 6.04 Å². The minimum atomic E-state index is -0.559. The van der Waals surface area contributed by atoms with Gasteiger partial charge >= 0.3 is 0 Å². The lowest BCUT2D eigenvalue weighted by molar-refractivity contribution is -0.149. The number of carbonyl (C=O) groups is 3. The van der Waals surface area contributed by atoms with E-state index in [1.807, 2.05) is 0 Å². The van der Waals surface area contributed by atoms with E-state index in [1.54, 1.807) is 0 Å². The van der Waals surface area contributed by atoms with E-state index in [0.29, 0.717) is 18.8 Å². The van der Waals surface area contributed by atoms with Gasteiger partial charge in [-0.25, -0.2) is 0 Å². The number of carbonyl (C=O) groups excluding carboxylic acids is 3. The predicted molar refractivity (Wildman–Crippen MR) is 73.4 cm³/mol. The van der Waals surface area contributed by atoms with Gasteiger partial charge in [0.1, 0.15) is 6.04 Å². The molecule has 20 heavy (non-hydrogen) atoms. The summed E-state index contributed by atoms with van der Waals surface area (Å²) in [6.07, 6.45) is 3.08. The average Bonchev–Trinajstić information content (AvgIpc) is 2.42. The van der Waals surface area contributed by atoms with Gasteiger partial charge in [-0.3, -0.25) is 19.3 Å². The van der Waals surface area contributed by atoms with Gasteiger partial charge in [-0.1, -0.05) is 6.92 Å². The first kappa shape index (κ1) is 15.0. The summed E-state index contributed by atoms with van der Waals surface area (Å²) >= 11 is 0. The smallest absolute Gasteiger partial charge is 0.251 e. The fraction of sp³-hybridized carbons (Fsp3) is 0.786. The molecule has 3 N–H and O–H groups in total. The molecule has 2 aliphatic rings. The number of piperidine rings is 1. The van der Waals surface area contributed by atoms with Crippen LogP contribution in [0.5, 0.6) is 0 Å². The molecule has 1 aliphatic heterocycles. The maximum atomic E-state index is 12.2. The van der Waals surface area contributed by atoms with Crippen molar-refractivity contribution in [2.24, 2.45) is 17.6 Å². The van der Waals surface area contributed by atoms with Crippen LogP contribution in [0, 0.1) is 11.8 Å². The van der Waals surface area contributed by atoms with Crippen molar-refractivity contribution < 1.29 is 14.4 Å². The van der Waals surface area contributed by atoms with Gasteiger partial charge in [-0.15, -0.1) is 0 Å². The number of nitrogens with two attached hydrogens (primary N) is 1. The quantitative estimate of drug-likeness (QED) is 0.698. The van der Waals surface area contributed by atoms with Crippen LogP contribution in [0.2, 0.25) is 0 Å². The first-order valence-electron chi connectivity index (χ1n) is 7.26. The molecule has 112 valence electrons. The van der Waals surface area contributed by atoms with Crippen LogP contribution in [-0.2, 0) is 14.4 Å². The van der Waals surface area contributed by atoms with Crippen molar-refractivity contribution in [3.05, 3.63) is 0 Å². The van der Waals surface area contributed by atoms with Crippen LogP contribution in [0.15, 0.2) is 0 Å². The number of hydrogen-bond donors (Lipinski definition) is 2. The highest BCUT2D eigenvalue weighted by molar-refractivity contribution is 6.01. The van der Waals surface area contributed by atoms with E-state index in [0.717, 1.165) is 24.2 Å². The number of imide groups is 1. The summed E-state index contributed by atoms with van der Waals surface area (Å²) in [5.74, 6) is -0.316. The fourth-order valence-corrected chi connectivity index (χ4v) is 3.00. The Kier molecular flexibility index (Phi) is 4.42. The summed E-state index contributed by atoms with van der Waals surface area (Å²) in [6.45, 7) is 2.06. The molecular weight excluding hydrogens is 258 g/mol. The molecule has 1 saturated heterocycles. The molecule has 4 atom stereocenters. The molecule has 0 spiro atoms. The van der Waals surface area contributed by atoms with E-state index in [2.05, 4.69) is 12.2 Å². The van der Waals surface area contributed by atoms with Crippen LogP contribution >= 0.6 is 0 Å². The Hall–Kier alpha value is -1.43. The second-order valence-corrected chi connectivity index (χ2v) is 6.04. The third kappa shape index (κ3) is 3.00. The molecule has 0 bridgehead atoms. The lowest BCUT2D eigenvalue weighted by Gasteiger charge is -2.33. The summed E-state index contributed by atoms with van der Waals surface area (Å²) in [5, 5.41) is 2.80. The number of hydrogen-bond acceptors (Lipinski definition) is 4. The second kappa shape index (κ2) is 5.91. The Bertz CT molecular complexity index is 424. The van der Waals surface area contributed by atoms with Crippen molar-refractivity contribution in [1.29, 1.82) is 0 Å². The molecule has 0 aromatic heterocycles. The van der Waals surface area contributed by atoms with Gasteiger partial charge in [0.2, 0.25) is 11.8 Å². The largest absolute Gasteiger partial charge is 0.344 e. The molecule has 6 nitrogen and oxygen atoms in total. The van der Waals surface area contributed by atoms with Crippen molar-refractivity contribution in [2.75, 3.05) is 7.05 Å². The molecule has 2 rings (SSSR count). The van der Waals surface area contributed by atoms with Crippen LogP contribution in [0.4, 0.5) is 0 Å². The molecule has 1 saturated carbocycles. The monoisotopic (exact) mass is 281 g/mol. The lowest BCUT2D eigenvalue weighted by atomic mass is 9.79. The maximum Gasteiger partial charge on any atom is 0.251 e. The Balaban J connectivity index is 1.91. The topological polar surface area (TPSA) is 92.5 Å². The summed E-state index contributed by atoms with van der Waals surface area (Å²) < 4.78 is 0. The highest BCUT2D eigenvalue weighted by atomic mass is 16.2. The van der Waals surface area contributed by atoms with E-state index >= 15 is 0 Å². The Morgan fingerprint density at radius 2 is 2.00 bits per heavy atom. The second-order valence-electron chi connectivity index (χ2n) is 6.04. The van der Waals surface area contributed by atoms with Crippen LogP contribution in [0.3, 0.4) is 0 Å². The van der Waals surface area contributed by atoms with Gasteiger partial charge in [0.15, 0.2) is 0 Å². The number of likely N-dealkylation sites (tertiary alicyclic amines) is 1. The van der Waals surface area contributed by atoms with Crippen molar-refractivity contribution in [3.8, 4) is 0 Å². The lowest BCUT2D eigenvalue weighted by Crippen LogP contribution is -2.54. The van der Waals surface area contributed by atoms with Crippen molar-refractivity contribution in [2.45, 2.75) is 51.1 Å². The molecule has 3 amide bonds. The van der Waals surface area contributed by atoms with Crippen LogP contribution in [0.25, 0.3) is 0 Å². The zero-order chi connectivity index (χ0) is 14.9. The summed E-state index contributed by atoms with van der Waals surface area (Å²) in [7, 11) is 1.46. The molecule has 0 aromatic rings. The minimum Gasteiger partial charge on any atom is -0.344 e. The molecule has 0 aromatic carbocycles. The van der Waals surface area contributed by atoms with Crippen molar-refractivity contribution >= 4 is 17.7 Å². The van der Waals surface area contributed by atoms with Gasteiger partial charge in [-0.05, 0) is 31.6 Å². The molecule has 2 fully saturated rings. The first-order chi connectivity index (χ1) is 9.40. The number of rotatable bonds is 2. The first-order valence-corrected chi connectivity index (χ1v) is 7.26. The van der Waals surface area contributed by atoms with E-state index in [1.165, 1.54) is 7.05 Å². The molecule has 6 heteroatoms. The SMILES string of the molecule is CC1CC(C(=O)NC2CCC(=O)N(C)C2=O)CCC1N. The van der Waals surface area contributed by atoms with Crippen molar-refractivity contribution in [3.63, 3.8) is 0 Å². The summed E-state index contributed by atoms with van der Waals surface area (Å²) in [5.41, 5.74) is 5.95. The third-order valence-corrected chi connectivity index (χ3v) is 4.57. The number of likely N-dealkylation sites (N-methyl/N-ethyl adjacent to an activating group) is 1. The Morgan fingerprint density at radius 1 is 1.30 bits per heavy atom. The summed E-state index contributed by atoms with van der Waals surface area (Å²) in [6, 6.07) is -0.393. The highest BCUT2D eigenvalue weighted by Crippen LogP contribution is 2.28. The molecular formula is C14H23N3O3. The molecule has 4 unspecified atom stereocenters. The van der Waals surface area contributed by atoms with Crippen LogP contribution in [0.1, 0.15) is 39.0 Å². The van der Waals surface area contributed by atoms with Crippen molar-refractivity contribution in [1.82, 2.24) is 10.2 Å². The predicted octanol–water partition coefficient (Wildman–Crippen LogP) is 0.0135. The normalized spacial score (nSPS) is 35.0. The van der Waals surface area contributed by atoms with Crippen LogP contribution < -0.4 is 11.1 Å². The standard InChI is InChI=1S/C14H23N3O3/c1-8-7-9(3-4-10(8)15)13(19)16-11-5-6-12(18)17(2)14(11)20/h8-11H,3-7,15H2,1-2H3,(H,16,19). The van der Waals surface area contributed by atoms with Gasteiger partial charge in [-0.2, -0.15) is 0 Å². The number of nitrogens with one attached hydrogen (secondary N) is 1. The fourth-order valence-electron chi connectivity index (χ4n) is 3.00. The highest BCUT2D eigenvalue weighted by Gasteiger charge is 2.35. The Labute approximate surface area is 119 Å². The van der Waals surface area contributed by atoms with Gasteiger partial charge in [0.05, 0.1) is 0 Å². The van der Waals surface area contributed by atoms with Crippen LogP contribution in [-0.4, -0.2) is 41.8 Å². The maximum absolute atomic E-state index is 12.2. The summed E-state index contributed by atoms with van der Waals surface area (Å²) in [4.78, 5) is 36.7. The molecule has 1 heterocycles. The molecule has 0 radical (unpaired) electrons. The zero-order valence-electron chi connectivity index (χ0n) is 12.1. The Morgan fingerprint density at radius 3 is 2.65 bits per heavy atom. The van der Waals surface area contributed by atoms with E-state index in [4.69, 9.17) is 5.73 Å². The minimum absolute atomic E-state index is 0.0689. The third-order valence-electron chi connectivity index (χ3n) is 4.57. The van der Waals surface area contributed by atoms with Gasteiger partial charge < -0.3 is 11.1 Å². The van der Waals surface area contributed by atoms with E-state index in [-0.39, 0.29) is 29.7 Å². The number of amides is 3. The zero-order valence-corrected chi connectivity index (χ0v) is 12.1. The van der Waals surface area contributed by atoms with Gasteiger partial charge in [0.25, 0.3) is 5.91 Å². The molecule has 1 aliphatic carbocycles.